The van der Waals surface area contributed by atoms with E-state index in [9.17, 15) is 9.18 Å². The van der Waals surface area contributed by atoms with Crippen molar-refractivity contribution in [1.82, 2.24) is 9.80 Å². The molecule has 6 nitrogen and oxygen atoms in total. The van der Waals surface area contributed by atoms with Gasteiger partial charge in [0, 0.05) is 32.2 Å². The van der Waals surface area contributed by atoms with Crippen LogP contribution in [0.1, 0.15) is 11.1 Å². The van der Waals surface area contributed by atoms with Crippen molar-refractivity contribution in [2.45, 2.75) is 13.0 Å². The van der Waals surface area contributed by atoms with Gasteiger partial charge < -0.3 is 20.0 Å². The van der Waals surface area contributed by atoms with Crippen LogP contribution in [-0.4, -0.2) is 61.3 Å². The smallest absolute Gasteiger partial charge is 0.248 e. The summed E-state index contributed by atoms with van der Waals surface area (Å²) in [5.41, 5.74) is 1.61. The van der Waals surface area contributed by atoms with Gasteiger partial charge in [-0.05, 0) is 14.0 Å². The lowest BCUT2D eigenvalue weighted by Crippen LogP contribution is -2.58. The van der Waals surface area contributed by atoms with Crippen LogP contribution in [0, 0.1) is 12.7 Å². The highest BCUT2D eigenvalue weighted by molar-refractivity contribution is 6.36. The van der Waals surface area contributed by atoms with Crippen LogP contribution in [0.2, 0.25) is 5.02 Å². The van der Waals surface area contributed by atoms with Gasteiger partial charge in [-0.15, -0.1) is 0 Å². The molecule has 1 atom stereocenters. The third-order valence-electron chi connectivity index (χ3n) is 5.16. The lowest BCUT2D eigenvalue weighted by atomic mass is 10.0. The van der Waals surface area contributed by atoms with Crippen LogP contribution in [0.5, 0.6) is 0 Å². The molecule has 1 aromatic carbocycles. The fourth-order valence-corrected chi connectivity index (χ4v) is 3.95. The molecule has 0 aliphatic carbocycles. The molecule has 1 amide bonds. The number of benzene rings is 1. The molecule has 25 heavy (non-hydrogen) atoms. The van der Waals surface area contributed by atoms with Crippen molar-refractivity contribution in [1.29, 1.82) is 0 Å². The zero-order chi connectivity index (χ0) is 18.0. The summed E-state index contributed by atoms with van der Waals surface area (Å²) in [6.45, 7) is 7.55. The third kappa shape index (κ3) is 2.19. The fourth-order valence-electron chi connectivity index (χ4n) is 3.64. The summed E-state index contributed by atoms with van der Waals surface area (Å²) in [4.78, 5) is 23.1. The van der Waals surface area contributed by atoms with E-state index in [1.807, 2.05) is 11.9 Å². The number of carbonyl (C=O) groups is 1. The van der Waals surface area contributed by atoms with Crippen LogP contribution in [0.4, 0.5) is 15.8 Å². The van der Waals surface area contributed by atoms with Crippen molar-refractivity contribution in [2.75, 3.05) is 43.9 Å². The Morgan fingerprint density at radius 3 is 2.80 bits per heavy atom. The number of amidine groups is 1. The van der Waals surface area contributed by atoms with Crippen LogP contribution in [-0.2, 0) is 4.79 Å². The molecule has 1 saturated heterocycles. The molecule has 0 bridgehead atoms. The number of carbonyl (C=O) groups excluding carboxylic acids is 1. The van der Waals surface area contributed by atoms with Gasteiger partial charge in [-0.2, -0.15) is 0 Å². The Morgan fingerprint density at radius 2 is 2.08 bits per heavy atom. The molecule has 132 valence electrons. The molecule has 1 fully saturated rings. The number of aliphatic imine (C=N–C) groups is 1. The Bertz CT molecular complexity index is 852. The van der Waals surface area contributed by atoms with E-state index in [-0.39, 0.29) is 11.6 Å². The van der Waals surface area contributed by atoms with Crippen LogP contribution in [0.25, 0.3) is 0 Å². The molecule has 3 aliphatic heterocycles. The van der Waals surface area contributed by atoms with Crippen molar-refractivity contribution in [2.24, 2.45) is 4.99 Å². The number of hydrogen-bond acceptors (Lipinski definition) is 5. The van der Waals surface area contributed by atoms with Gasteiger partial charge in [0.15, 0.2) is 5.82 Å². The van der Waals surface area contributed by atoms with Gasteiger partial charge in [0.05, 0.1) is 22.0 Å². The summed E-state index contributed by atoms with van der Waals surface area (Å²) in [5.74, 6) is 0.317. The van der Waals surface area contributed by atoms with E-state index in [4.69, 9.17) is 11.6 Å². The van der Waals surface area contributed by atoms with Crippen LogP contribution >= 0.6 is 11.6 Å². The Morgan fingerprint density at radius 1 is 1.36 bits per heavy atom. The number of piperazine rings is 1. The minimum absolute atomic E-state index is 0.150. The van der Waals surface area contributed by atoms with Gasteiger partial charge in [0.2, 0.25) is 5.91 Å². The zero-order valence-corrected chi connectivity index (χ0v) is 15.1. The summed E-state index contributed by atoms with van der Waals surface area (Å²) < 4.78 is 15.0. The van der Waals surface area contributed by atoms with Crippen molar-refractivity contribution in [3.05, 3.63) is 34.4 Å². The second kappa shape index (κ2) is 5.44. The lowest BCUT2D eigenvalue weighted by molar-refractivity contribution is -0.121. The Labute approximate surface area is 150 Å². The zero-order valence-electron chi connectivity index (χ0n) is 14.4. The van der Waals surface area contributed by atoms with Gasteiger partial charge in [-0.1, -0.05) is 18.2 Å². The van der Waals surface area contributed by atoms with Crippen LogP contribution in [0.15, 0.2) is 17.4 Å². The van der Waals surface area contributed by atoms with E-state index in [0.29, 0.717) is 46.6 Å². The highest BCUT2D eigenvalue weighted by atomic mass is 35.5. The Balaban J connectivity index is 2.03. The first kappa shape index (κ1) is 16.4. The standard InChI is InChI=1S/C17H19ClFN5O/c1-8-12(18)15-11-14(13(8)19)21-17(25)10-7-22(3)5-6-24(10)16(11)20-9(2)23(15)4/h10H,2,5-7H2,1,3-4H3,(H,21,25). The average molecular weight is 364 g/mol. The number of halogens is 2. The number of fused-ring (bicyclic) bond motifs is 2. The summed E-state index contributed by atoms with van der Waals surface area (Å²) in [7, 11) is 3.75. The maximum atomic E-state index is 15.0. The molecule has 0 radical (unpaired) electrons. The van der Waals surface area contributed by atoms with Gasteiger partial charge in [-0.3, -0.25) is 4.79 Å². The minimum atomic E-state index is -0.515. The number of nitrogens with zero attached hydrogens (tertiary/aromatic N) is 4. The molecular weight excluding hydrogens is 345 g/mol. The quantitative estimate of drug-likeness (QED) is 0.766. The average Bonchev–Trinajstić information content (AvgIpc) is 2.69. The largest absolute Gasteiger partial charge is 0.341 e. The van der Waals surface area contributed by atoms with E-state index in [0.717, 1.165) is 6.54 Å². The van der Waals surface area contributed by atoms with E-state index in [1.165, 1.54) is 0 Å². The molecule has 0 saturated carbocycles. The number of hydrogen-bond donors (Lipinski definition) is 1. The van der Waals surface area contributed by atoms with Crippen molar-refractivity contribution >= 4 is 34.7 Å². The monoisotopic (exact) mass is 363 g/mol. The molecule has 0 aromatic heterocycles. The summed E-state index contributed by atoms with van der Waals surface area (Å²) in [6.07, 6.45) is 0. The van der Waals surface area contributed by atoms with Gasteiger partial charge >= 0.3 is 0 Å². The van der Waals surface area contributed by atoms with E-state index >= 15 is 0 Å². The number of amides is 1. The first-order valence-corrected chi connectivity index (χ1v) is 8.48. The molecule has 4 rings (SSSR count). The number of nitrogens with one attached hydrogen (secondary N) is 1. The predicted octanol–water partition coefficient (Wildman–Crippen LogP) is 2.02. The predicted molar refractivity (Wildman–Crippen MR) is 96.8 cm³/mol. The van der Waals surface area contributed by atoms with Gasteiger partial charge in [0.1, 0.15) is 17.7 Å². The number of likely N-dealkylation sites (N-methyl/N-ethyl adjacent to an activating group) is 1. The minimum Gasteiger partial charge on any atom is -0.341 e. The molecule has 1 aromatic rings. The first-order chi connectivity index (χ1) is 11.8. The molecule has 3 aliphatic rings. The Hall–Kier alpha value is -2.12. The molecule has 0 spiro atoms. The summed E-state index contributed by atoms with van der Waals surface area (Å²) >= 11 is 6.47. The molecular formula is C17H19ClFN5O. The van der Waals surface area contributed by atoms with Crippen molar-refractivity contribution in [3.8, 4) is 0 Å². The van der Waals surface area contributed by atoms with Crippen molar-refractivity contribution in [3.63, 3.8) is 0 Å². The second-order valence-corrected chi connectivity index (χ2v) is 7.10. The van der Waals surface area contributed by atoms with Gasteiger partial charge in [-0.25, -0.2) is 9.38 Å². The van der Waals surface area contributed by atoms with Crippen molar-refractivity contribution < 1.29 is 9.18 Å². The van der Waals surface area contributed by atoms with E-state index in [1.54, 1.807) is 18.9 Å². The highest BCUT2D eigenvalue weighted by Crippen LogP contribution is 2.45. The lowest BCUT2D eigenvalue weighted by Gasteiger charge is -2.41. The first-order valence-electron chi connectivity index (χ1n) is 8.10. The highest BCUT2D eigenvalue weighted by Gasteiger charge is 2.42. The summed E-state index contributed by atoms with van der Waals surface area (Å²) in [5, 5.41) is 3.09. The second-order valence-electron chi connectivity index (χ2n) is 6.72. The van der Waals surface area contributed by atoms with E-state index < -0.39 is 11.9 Å². The maximum Gasteiger partial charge on any atom is 0.248 e. The molecule has 1 N–H and O–H groups in total. The third-order valence-corrected chi connectivity index (χ3v) is 5.62. The number of anilines is 2. The Kier molecular flexibility index (Phi) is 3.56. The SMILES string of the molecule is C=C1N=C2c3c(c(F)c(C)c(Cl)c3N1C)NC(=O)C1CN(C)CCN21. The fraction of sp³-hybridized carbons (Fsp3) is 0.412. The van der Waals surface area contributed by atoms with Crippen LogP contribution in [0.3, 0.4) is 0 Å². The molecule has 8 heteroatoms. The summed E-state index contributed by atoms with van der Waals surface area (Å²) in [6, 6.07) is -0.438. The normalized spacial score (nSPS) is 22.9. The molecule has 1 unspecified atom stereocenters. The molecule has 3 heterocycles. The topological polar surface area (TPSA) is 51.2 Å². The van der Waals surface area contributed by atoms with Crippen LogP contribution < -0.4 is 10.2 Å². The van der Waals surface area contributed by atoms with E-state index in [2.05, 4.69) is 21.8 Å². The number of rotatable bonds is 0. The van der Waals surface area contributed by atoms with Gasteiger partial charge in [0.25, 0.3) is 0 Å². The maximum absolute atomic E-state index is 15.0.